The highest BCUT2D eigenvalue weighted by Crippen LogP contribution is 2.15. The van der Waals surface area contributed by atoms with Gasteiger partial charge in [-0.2, -0.15) is 0 Å². The molecule has 0 spiro atoms. The van der Waals surface area contributed by atoms with Gasteiger partial charge in [-0.25, -0.2) is 0 Å². The van der Waals surface area contributed by atoms with Crippen LogP contribution in [0.15, 0.2) is 10.5 Å². The predicted octanol–water partition coefficient (Wildman–Crippen LogP) is 1.52. The fourth-order valence-electron chi connectivity index (χ4n) is 1.69. The lowest BCUT2D eigenvalue weighted by Gasteiger charge is -2.14. The molecule has 0 aliphatic carbocycles. The molecule has 92 valence electrons. The van der Waals surface area contributed by atoms with Crippen LogP contribution < -0.4 is 5.73 Å². The van der Waals surface area contributed by atoms with Crippen molar-refractivity contribution in [2.75, 3.05) is 27.3 Å². The summed E-state index contributed by atoms with van der Waals surface area (Å²) in [5, 5.41) is 0. The molecule has 1 aromatic heterocycles. The maximum Gasteiger partial charge on any atom is 0.120 e. The van der Waals surface area contributed by atoms with Gasteiger partial charge in [0.2, 0.25) is 0 Å². The predicted molar refractivity (Wildman–Crippen MR) is 64.2 cm³/mol. The normalized spacial score (nSPS) is 11.3. The summed E-state index contributed by atoms with van der Waals surface area (Å²) < 4.78 is 10.7. The summed E-state index contributed by atoms with van der Waals surface area (Å²) in [7, 11) is 3.80. The van der Waals surface area contributed by atoms with Crippen molar-refractivity contribution in [3.63, 3.8) is 0 Å². The smallest absolute Gasteiger partial charge is 0.120 e. The van der Waals surface area contributed by atoms with E-state index in [1.54, 1.807) is 7.11 Å². The Morgan fingerprint density at radius 1 is 1.50 bits per heavy atom. The lowest BCUT2D eigenvalue weighted by atomic mass is 10.2. The Bertz CT molecular complexity index is 310. The Balaban J connectivity index is 2.40. The molecule has 0 bridgehead atoms. The molecule has 0 saturated carbocycles. The third-order valence-corrected chi connectivity index (χ3v) is 2.57. The van der Waals surface area contributed by atoms with Crippen LogP contribution in [0.25, 0.3) is 0 Å². The summed E-state index contributed by atoms with van der Waals surface area (Å²) in [5.41, 5.74) is 6.71. The maximum atomic E-state index is 5.64. The minimum absolute atomic E-state index is 0.471. The lowest BCUT2D eigenvalue weighted by Crippen LogP contribution is -2.19. The number of ether oxygens (including phenoxy) is 1. The molecule has 0 aliphatic heterocycles. The van der Waals surface area contributed by atoms with Gasteiger partial charge in [-0.1, -0.05) is 0 Å². The summed E-state index contributed by atoms with van der Waals surface area (Å²) in [5.74, 6) is 1.87. The summed E-state index contributed by atoms with van der Waals surface area (Å²) in [6, 6.07) is 2.06. The average molecular weight is 226 g/mol. The van der Waals surface area contributed by atoms with E-state index in [4.69, 9.17) is 14.9 Å². The van der Waals surface area contributed by atoms with Gasteiger partial charge in [-0.3, -0.25) is 4.90 Å². The first kappa shape index (κ1) is 13.2. The van der Waals surface area contributed by atoms with Gasteiger partial charge in [0, 0.05) is 20.3 Å². The number of nitrogens with zero attached hydrogens (tertiary/aromatic N) is 1. The van der Waals surface area contributed by atoms with Crippen molar-refractivity contribution in [2.24, 2.45) is 5.73 Å². The van der Waals surface area contributed by atoms with Crippen molar-refractivity contribution in [2.45, 2.75) is 26.4 Å². The van der Waals surface area contributed by atoms with Crippen LogP contribution in [0.3, 0.4) is 0 Å². The minimum atomic E-state index is 0.471. The Morgan fingerprint density at radius 3 is 2.81 bits per heavy atom. The fraction of sp³-hybridized carbons (Fsp3) is 0.667. The standard InChI is InChI=1S/C12H22N2O2/c1-10-7-11(16-12(10)8-13)9-14(2)5-4-6-15-3/h7H,4-6,8-9,13H2,1-3H3. The number of rotatable bonds is 7. The van der Waals surface area contributed by atoms with Crippen molar-refractivity contribution < 1.29 is 9.15 Å². The molecule has 2 N–H and O–H groups in total. The Morgan fingerprint density at radius 2 is 2.25 bits per heavy atom. The van der Waals surface area contributed by atoms with E-state index in [0.717, 1.165) is 43.2 Å². The summed E-state index contributed by atoms with van der Waals surface area (Å²) in [6.45, 7) is 5.13. The zero-order valence-corrected chi connectivity index (χ0v) is 10.5. The van der Waals surface area contributed by atoms with Gasteiger partial charge in [0.1, 0.15) is 11.5 Å². The van der Waals surface area contributed by atoms with Crippen molar-refractivity contribution in [1.82, 2.24) is 4.90 Å². The third kappa shape index (κ3) is 3.96. The van der Waals surface area contributed by atoms with Gasteiger partial charge in [0.05, 0.1) is 13.1 Å². The molecule has 4 heteroatoms. The largest absolute Gasteiger partial charge is 0.463 e. The van der Waals surface area contributed by atoms with Gasteiger partial charge in [-0.05, 0) is 32.0 Å². The quantitative estimate of drug-likeness (QED) is 0.716. The second-order valence-corrected chi connectivity index (χ2v) is 4.11. The van der Waals surface area contributed by atoms with Crippen LogP contribution in [0.5, 0.6) is 0 Å². The SMILES string of the molecule is COCCCN(C)Cc1cc(C)c(CN)o1. The second-order valence-electron chi connectivity index (χ2n) is 4.11. The van der Waals surface area contributed by atoms with Crippen LogP contribution in [-0.2, 0) is 17.8 Å². The Kier molecular flexibility index (Phi) is 5.52. The molecule has 0 saturated heterocycles. The number of aryl methyl sites for hydroxylation is 1. The molecule has 0 amide bonds. The highest BCUT2D eigenvalue weighted by atomic mass is 16.5. The van der Waals surface area contributed by atoms with E-state index in [-0.39, 0.29) is 0 Å². The first-order valence-corrected chi connectivity index (χ1v) is 5.63. The molecule has 4 nitrogen and oxygen atoms in total. The summed E-state index contributed by atoms with van der Waals surface area (Å²) in [6.07, 6.45) is 1.04. The van der Waals surface area contributed by atoms with Crippen LogP contribution in [0.4, 0.5) is 0 Å². The van der Waals surface area contributed by atoms with E-state index in [1.165, 1.54) is 0 Å². The van der Waals surface area contributed by atoms with Crippen LogP contribution in [-0.4, -0.2) is 32.2 Å². The van der Waals surface area contributed by atoms with E-state index in [1.807, 2.05) is 6.92 Å². The molecule has 0 aromatic carbocycles. The van der Waals surface area contributed by atoms with Crippen LogP contribution in [0, 0.1) is 6.92 Å². The van der Waals surface area contributed by atoms with Crippen molar-refractivity contribution in [3.8, 4) is 0 Å². The van der Waals surface area contributed by atoms with Crippen LogP contribution >= 0.6 is 0 Å². The van der Waals surface area contributed by atoms with Crippen molar-refractivity contribution in [3.05, 3.63) is 23.2 Å². The Hall–Kier alpha value is -0.840. The monoisotopic (exact) mass is 226 g/mol. The van der Waals surface area contributed by atoms with Gasteiger partial charge >= 0.3 is 0 Å². The van der Waals surface area contributed by atoms with E-state index < -0.39 is 0 Å². The second kappa shape index (κ2) is 6.68. The highest BCUT2D eigenvalue weighted by Gasteiger charge is 2.08. The molecule has 0 unspecified atom stereocenters. The first-order chi connectivity index (χ1) is 7.67. The van der Waals surface area contributed by atoms with Gasteiger partial charge < -0.3 is 14.9 Å². The molecule has 0 aliphatic rings. The number of hydrogen-bond donors (Lipinski definition) is 1. The lowest BCUT2D eigenvalue weighted by molar-refractivity contribution is 0.175. The molecule has 0 fully saturated rings. The first-order valence-electron chi connectivity index (χ1n) is 5.63. The van der Waals surface area contributed by atoms with Crippen LogP contribution in [0.1, 0.15) is 23.5 Å². The zero-order chi connectivity index (χ0) is 12.0. The van der Waals surface area contributed by atoms with Gasteiger partial charge in [-0.15, -0.1) is 0 Å². The zero-order valence-electron chi connectivity index (χ0n) is 10.5. The van der Waals surface area contributed by atoms with Gasteiger partial charge in [0.15, 0.2) is 0 Å². The molecular formula is C12H22N2O2. The van der Waals surface area contributed by atoms with Crippen LogP contribution in [0.2, 0.25) is 0 Å². The minimum Gasteiger partial charge on any atom is -0.463 e. The highest BCUT2D eigenvalue weighted by molar-refractivity contribution is 5.19. The third-order valence-electron chi connectivity index (χ3n) is 2.57. The topological polar surface area (TPSA) is 51.6 Å². The molecule has 16 heavy (non-hydrogen) atoms. The fourth-order valence-corrected chi connectivity index (χ4v) is 1.69. The van der Waals surface area contributed by atoms with Gasteiger partial charge in [0.25, 0.3) is 0 Å². The number of furan rings is 1. The molecule has 1 rings (SSSR count). The number of nitrogens with two attached hydrogens (primary N) is 1. The molecule has 0 radical (unpaired) electrons. The maximum absolute atomic E-state index is 5.64. The van der Waals surface area contributed by atoms with E-state index in [0.29, 0.717) is 6.54 Å². The van der Waals surface area contributed by atoms with Crippen molar-refractivity contribution >= 4 is 0 Å². The van der Waals surface area contributed by atoms with E-state index in [2.05, 4.69) is 18.0 Å². The summed E-state index contributed by atoms with van der Waals surface area (Å²) >= 11 is 0. The molecule has 0 atom stereocenters. The molecule has 1 aromatic rings. The number of hydrogen-bond acceptors (Lipinski definition) is 4. The number of methoxy groups -OCH3 is 1. The Labute approximate surface area is 97.4 Å². The van der Waals surface area contributed by atoms with E-state index in [9.17, 15) is 0 Å². The summed E-state index contributed by atoms with van der Waals surface area (Å²) in [4.78, 5) is 2.22. The van der Waals surface area contributed by atoms with Crippen molar-refractivity contribution in [1.29, 1.82) is 0 Å². The average Bonchev–Trinajstić information content (AvgIpc) is 2.59. The molecular weight excluding hydrogens is 204 g/mol. The molecule has 1 heterocycles. The van der Waals surface area contributed by atoms with E-state index >= 15 is 0 Å².